The van der Waals surface area contributed by atoms with Crippen LogP contribution in [0.2, 0.25) is 0 Å². The van der Waals surface area contributed by atoms with Crippen molar-refractivity contribution in [3.63, 3.8) is 0 Å². The SMILES string of the molecule is Cc1nn(C)c(C)c1CN1C[C@H]2C[C@@H](C1)[C@H](Cc1cccc(F)c1)N1C(=O)CCC[C@@H]21. The Balaban J connectivity index is 1.42. The van der Waals surface area contributed by atoms with E-state index in [0.717, 1.165) is 50.2 Å². The summed E-state index contributed by atoms with van der Waals surface area (Å²) >= 11 is 0. The number of aryl methyl sites for hydroxylation is 2. The molecule has 5 rings (SSSR count). The molecule has 0 N–H and O–H groups in total. The largest absolute Gasteiger partial charge is 0.336 e. The summed E-state index contributed by atoms with van der Waals surface area (Å²) in [7, 11) is 2.01. The Bertz CT molecular complexity index is 986. The molecule has 2 bridgehead atoms. The molecule has 3 aliphatic rings. The summed E-state index contributed by atoms with van der Waals surface area (Å²) < 4.78 is 15.8. The number of carbonyl (C=O) groups is 1. The lowest BCUT2D eigenvalue weighted by atomic mass is 9.70. The second-order valence-electron chi connectivity index (χ2n) is 9.88. The maximum atomic E-state index is 13.9. The Morgan fingerprint density at radius 1 is 1.19 bits per heavy atom. The van der Waals surface area contributed by atoms with Crippen molar-refractivity contribution in [1.82, 2.24) is 19.6 Å². The van der Waals surface area contributed by atoms with Crippen LogP contribution in [0, 0.1) is 31.5 Å². The molecule has 0 saturated carbocycles. The van der Waals surface area contributed by atoms with Crippen molar-refractivity contribution < 1.29 is 9.18 Å². The lowest BCUT2D eigenvalue weighted by Crippen LogP contribution is -2.65. The van der Waals surface area contributed by atoms with Gasteiger partial charge in [0.05, 0.1) is 5.69 Å². The lowest BCUT2D eigenvalue weighted by molar-refractivity contribution is -0.152. The van der Waals surface area contributed by atoms with Gasteiger partial charge >= 0.3 is 0 Å². The molecule has 0 spiro atoms. The van der Waals surface area contributed by atoms with Crippen LogP contribution in [0.15, 0.2) is 24.3 Å². The van der Waals surface area contributed by atoms with Gasteiger partial charge in [0.15, 0.2) is 0 Å². The number of aromatic nitrogens is 2. The zero-order valence-electron chi connectivity index (χ0n) is 18.9. The number of piperidine rings is 3. The lowest BCUT2D eigenvalue weighted by Gasteiger charge is -2.57. The molecular formula is C25H33FN4O. The minimum absolute atomic E-state index is 0.162. The number of hydrogen-bond donors (Lipinski definition) is 0. The highest BCUT2D eigenvalue weighted by atomic mass is 19.1. The molecule has 3 fully saturated rings. The second-order valence-corrected chi connectivity index (χ2v) is 9.88. The molecule has 1 aromatic heterocycles. The van der Waals surface area contributed by atoms with E-state index in [2.05, 4.69) is 28.7 Å². The average Bonchev–Trinajstić information content (AvgIpc) is 2.97. The molecule has 3 saturated heterocycles. The van der Waals surface area contributed by atoms with Crippen molar-refractivity contribution in [2.45, 2.75) is 64.6 Å². The van der Waals surface area contributed by atoms with Crippen molar-refractivity contribution in [2.24, 2.45) is 18.9 Å². The maximum absolute atomic E-state index is 13.9. The molecule has 6 heteroatoms. The van der Waals surface area contributed by atoms with Gasteiger partial charge in [0, 0.05) is 56.4 Å². The van der Waals surface area contributed by atoms with Crippen molar-refractivity contribution in [3.8, 4) is 0 Å². The van der Waals surface area contributed by atoms with Gasteiger partial charge in [-0.05, 0) is 69.1 Å². The smallest absolute Gasteiger partial charge is 0.223 e. The molecule has 1 aromatic carbocycles. The Morgan fingerprint density at radius 2 is 2.00 bits per heavy atom. The third-order valence-electron chi connectivity index (χ3n) is 7.95. The first-order valence-electron chi connectivity index (χ1n) is 11.7. The molecule has 5 nitrogen and oxygen atoms in total. The highest BCUT2D eigenvalue weighted by molar-refractivity contribution is 5.78. The van der Waals surface area contributed by atoms with E-state index in [1.165, 1.54) is 23.7 Å². The Labute approximate surface area is 184 Å². The molecule has 0 aliphatic carbocycles. The van der Waals surface area contributed by atoms with Crippen LogP contribution >= 0.6 is 0 Å². The van der Waals surface area contributed by atoms with E-state index < -0.39 is 0 Å². The van der Waals surface area contributed by atoms with Gasteiger partial charge in [-0.2, -0.15) is 5.10 Å². The van der Waals surface area contributed by atoms with E-state index in [0.29, 0.717) is 30.2 Å². The Morgan fingerprint density at radius 3 is 2.74 bits per heavy atom. The monoisotopic (exact) mass is 424 g/mol. The van der Waals surface area contributed by atoms with Gasteiger partial charge in [0.2, 0.25) is 5.91 Å². The molecule has 4 heterocycles. The molecule has 166 valence electrons. The number of nitrogens with zero attached hydrogens (tertiary/aromatic N) is 4. The van der Waals surface area contributed by atoms with Gasteiger partial charge in [0.1, 0.15) is 5.82 Å². The van der Waals surface area contributed by atoms with E-state index in [1.807, 2.05) is 17.8 Å². The van der Waals surface area contributed by atoms with Gasteiger partial charge in [-0.1, -0.05) is 12.1 Å². The third-order valence-corrected chi connectivity index (χ3v) is 7.95. The normalized spacial score (nSPS) is 28.6. The summed E-state index contributed by atoms with van der Waals surface area (Å²) in [4.78, 5) is 17.8. The number of rotatable bonds is 4. The summed E-state index contributed by atoms with van der Waals surface area (Å²) in [5.74, 6) is 1.07. The average molecular weight is 425 g/mol. The minimum atomic E-state index is -0.194. The van der Waals surface area contributed by atoms with Gasteiger partial charge in [-0.25, -0.2) is 4.39 Å². The first-order chi connectivity index (χ1) is 14.9. The predicted octanol–water partition coefficient (Wildman–Crippen LogP) is 3.62. The van der Waals surface area contributed by atoms with E-state index in [-0.39, 0.29) is 11.9 Å². The molecule has 2 aromatic rings. The van der Waals surface area contributed by atoms with E-state index in [9.17, 15) is 9.18 Å². The molecule has 4 atom stereocenters. The van der Waals surface area contributed by atoms with Crippen LogP contribution in [0.3, 0.4) is 0 Å². The molecule has 3 aliphatic heterocycles. The minimum Gasteiger partial charge on any atom is -0.336 e. The van der Waals surface area contributed by atoms with Crippen molar-refractivity contribution in [2.75, 3.05) is 13.1 Å². The van der Waals surface area contributed by atoms with Crippen LogP contribution in [-0.2, 0) is 24.8 Å². The predicted molar refractivity (Wildman–Crippen MR) is 118 cm³/mol. The fraction of sp³-hybridized carbons (Fsp3) is 0.600. The van der Waals surface area contributed by atoms with Crippen LogP contribution < -0.4 is 0 Å². The number of likely N-dealkylation sites (tertiary alicyclic amines) is 1. The highest BCUT2D eigenvalue weighted by Gasteiger charge is 2.49. The van der Waals surface area contributed by atoms with Crippen LogP contribution in [-0.4, -0.2) is 50.7 Å². The van der Waals surface area contributed by atoms with Crippen LogP contribution in [0.5, 0.6) is 0 Å². The number of carbonyl (C=O) groups excluding carboxylic acids is 1. The van der Waals surface area contributed by atoms with Gasteiger partial charge in [0.25, 0.3) is 0 Å². The first kappa shape index (κ1) is 20.7. The Hall–Kier alpha value is -2.21. The standard InChI is InChI=1S/C25H33FN4O/c1-16-22(17(2)28(3)27-16)15-29-13-19-12-20(14-29)24(11-18-6-4-7-21(26)10-18)30-23(19)8-5-9-25(30)31/h4,6-7,10,19-20,23-24H,5,8-9,11-15H2,1-3H3/t19-,20+,23+,24+/m1/s1. The molecule has 31 heavy (non-hydrogen) atoms. The number of amides is 1. The number of halogens is 1. The summed E-state index contributed by atoms with van der Waals surface area (Å²) in [5, 5.41) is 4.60. The van der Waals surface area contributed by atoms with E-state index in [4.69, 9.17) is 0 Å². The van der Waals surface area contributed by atoms with Crippen molar-refractivity contribution in [1.29, 1.82) is 0 Å². The molecule has 1 amide bonds. The van der Waals surface area contributed by atoms with E-state index >= 15 is 0 Å². The molecule has 0 unspecified atom stereocenters. The fourth-order valence-electron chi connectivity index (χ4n) is 6.44. The molecular weight excluding hydrogens is 391 g/mol. The quantitative estimate of drug-likeness (QED) is 0.753. The van der Waals surface area contributed by atoms with Gasteiger partial charge in [-0.15, -0.1) is 0 Å². The Kier molecular flexibility index (Phi) is 5.37. The summed E-state index contributed by atoms with van der Waals surface area (Å²) in [6, 6.07) is 7.41. The second kappa shape index (κ2) is 8.05. The van der Waals surface area contributed by atoms with Crippen molar-refractivity contribution in [3.05, 3.63) is 52.6 Å². The van der Waals surface area contributed by atoms with Crippen LogP contribution in [0.4, 0.5) is 4.39 Å². The maximum Gasteiger partial charge on any atom is 0.223 e. The van der Waals surface area contributed by atoms with Crippen LogP contribution in [0.25, 0.3) is 0 Å². The first-order valence-corrected chi connectivity index (χ1v) is 11.7. The number of fused-ring (bicyclic) bond motifs is 4. The zero-order chi connectivity index (χ0) is 21.7. The third kappa shape index (κ3) is 3.79. The highest BCUT2D eigenvalue weighted by Crippen LogP contribution is 2.43. The number of benzene rings is 1. The van der Waals surface area contributed by atoms with E-state index in [1.54, 1.807) is 12.1 Å². The van der Waals surface area contributed by atoms with Crippen LogP contribution in [0.1, 0.15) is 48.2 Å². The molecule has 0 radical (unpaired) electrons. The summed E-state index contributed by atoms with van der Waals surface area (Å²) in [6.07, 6.45) is 4.68. The van der Waals surface area contributed by atoms with Gasteiger partial charge < -0.3 is 4.90 Å². The topological polar surface area (TPSA) is 41.4 Å². The summed E-state index contributed by atoms with van der Waals surface area (Å²) in [6.45, 7) is 7.20. The van der Waals surface area contributed by atoms with Gasteiger partial charge in [-0.3, -0.25) is 14.4 Å². The zero-order valence-corrected chi connectivity index (χ0v) is 18.9. The van der Waals surface area contributed by atoms with Crippen molar-refractivity contribution >= 4 is 5.91 Å². The number of hydrogen-bond acceptors (Lipinski definition) is 3. The fourth-order valence-corrected chi connectivity index (χ4v) is 6.44. The summed E-state index contributed by atoms with van der Waals surface area (Å²) in [5.41, 5.74) is 4.68.